The fourth-order valence-corrected chi connectivity index (χ4v) is 5.62. The van der Waals surface area contributed by atoms with E-state index in [4.69, 9.17) is 17.2 Å². The molecular weight excluding hydrogens is 720 g/mol. The number of nitrogens with two attached hydrogens (primary N) is 3. The van der Waals surface area contributed by atoms with E-state index in [2.05, 4.69) is 31.6 Å². The van der Waals surface area contributed by atoms with Crippen LogP contribution in [0.4, 0.5) is 0 Å². The van der Waals surface area contributed by atoms with Crippen LogP contribution in [0.5, 0.6) is 0 Å². The summed E-state index contributed by atoms with van der Waals surface area (Å²) in [6.07, 6.45) is 1.18. The molecule has 0 aliphatic rings. The predicted molar refractivity (Wildman–Crippen MR) is 210 cm³/mol. The zero-order valence-corrected chi connectivity index (χ0v) is 32.4. The first kappa shape index (κ1) is 46.1. The highest BCUT2D eigenvalue weighted by Gasteiger charge is 2.32. The molecule has 17 heteroatoms. The minimum Gasteiger partial charge on any atom is -0.480 e. The Hall–Kier alpha value is -6.02. The first-order valence-electron chi connectivity index (χ1n) is 18.6. The predicted octanol–water partition coefficient (Wildman–Crippen LogP) is -0.0434. The highest BCUT2D eigenvalue weighted by atomic mass is 16.4. The molecule has 5 amide bonds. The van der Waals surface area contributed by atoms with Crippen LogP contribution in [0.1, 0.15) is 70.1 Å². The van der Waals surface area contributed by atoms with Crippen molar-refractivity contribution in [1.82, 2.24) is 26.6 Å². The average Bonchev–Trinajstić information content (AvgIpc) is 3.16. The van der Waals surface area contributed by atoms with E-state index in [-0.39, 0.29) is 50.5 Å². The average molecular weight is 777 g/mol. The van der Waals surface area contributed by atoms with Gasteiger partial charge in [0.1, 0.15) is 24.2 Å². The van der Waals surface area contributed by atoms with Crippen LogP contribution in [0.15, 0.2) is 59.6 Å². The van der Waals surface area contributed by atoms with Gasteiger partial charge in [0.05, 0.1) is 24.2 Å². The molecule has 0 aliphatic carbocycles. The van der Waals surface area contributed by atoms with Gasteiger partial charge in [-0.25, -0.2) is 4.79 Å². The van der Waals surface area contributed by atoms with Crippen molar-refractivity contribution in [2.24, 2.45) is 34.0 Å². The molecule has 0 saturated heterocycles. The number of rotatable bonds is 23. The molecule has 0 aromatic heterocycles. The van der Waals surface area contributed by atoms with E-state index in [9.17, 15) is 39.1 Å². The molecule has 0 radical (unpaired) electrons. The molecule has 2 aromatic rings. The number of nitriles is 1. The number of carbonyl (C=O) groups is 6. The Balaban J connectivity index is 2.21. The van der Waals surface area contributed by atoms with Crippen molar-refractivity contribution in [1.29, 1.82) is 5.26 Å². The number of carboxylic acids is 1. The third-order valence-electron chi connectivity index (χ3n) is 8.93. The van der Waals surface area contributed by atoms with Gasteiger partial charge in [0.2, 0.25) is 29.5 Å². The van der Waals surface area contributed by atoms with E-state index >= 15 is 0 Å². The molecule has 0 heterocycles. The molecule has 0 fully saturated rings. The quantitative estimate of drug-likeness (QED) is 0.0410. The summed E-state index contributed by atoms with van der Waals surface area (Å²) < 4.78 is 0. The third kappa shape index (κ3) is 16.6. The lowest BCUT2D eigenvalue weighted by Gasteiger charge is -2.27. The summed E-state index contributed by atoms with van der Waals surface area (Å²) in [5.41, 5.74) is 18.9. The van der Waals surface area contributed by atoms with E-state index in [1.807, 2.05) is 57.2 Å². The Kier molecular flexibility index (Phi) is 19.5. The number of nitrogens with zero attached hydrogens (tertiary/aromatic N) is 2. The fourth-order valence-electron chi connectivity index (χ4n) is 5.62. The van der Waals surface area contributed by atoms with Gasteiger partial charge >= 0.3 is 5.97 Å². The number of nitrogens with one attached hydrogen (secondary N) is 5. The Morgan fingerprint density at radius 3 is 1.96 bits per heavy atom. The highest BCUT2D eigenvalue weighted by molar-refractivity contribution is 5.95. The molecule has 6 atom stereocenters. The van der Waals surface area contributed by atoms with Crippen LogP contribution in [0, 0.1) is 23.2 Å². The number of aliphatic carboxylic acids is 1. The Morgan fingerprint density at radius 2 is 1.39 bits per heavy atom. The van der Waals surface area contributed by atoms with Gasteiger partial charge in [0.25, 0.3) is 0 Å². The lowest BCUT2D eigenvalue weighted by molar-refractivity contribution is -0.142. The molecule has 12 N–H and O–H groups in total. The van der Waals surface area contributed by atoms with Crippen LogP contribution in [-0.2, 0) is 41.6 Å². The molecule has 0 unspecified atom stereocenters. The molecule has 0 aliphatic heterocycles. The van der Waals surface area contributed by atoms with E-state index in [0.29, 0.717) is 17.5 Å². The largest absolute Gasteiger partial charge is 0.480 e. The number of carboxylic acid groups (broad SMARTS) is 1. The van der Waals surface area contributed by atoms with Crippen molar-refractivity contribution in [3.8, 4) is 6.07 Å². The number of carbonyl (C=O) groups excluding carboxylic acids is 5. The van der Waals surface area contributed by atoms with E-state index in [0.717, 1.165) is 5.56 Å². The van der Waals surface area contributed by atoms with Crippen LogP contribution >= 0.6 is 0 Å². The normalized spacial score (nSPS) is 14.0. The lowest BCUT2D eigenvalue weighted by atomic mass is 9.96. The zero-order valence-electron chi connectivity index (χ0n) is 32.4. The number of benzene rings is 2. The number of amides is 5. The lowest BCUT2D eigenvalue weighted by Crippen LogP contribution is -2.58. The number of hydrogen-bond acceptors (Lipinski definition) is 9. The summed E-state index contributed by atoms with van der Waals surface area (Å²) in [5, 5.41) is 31.8. The zero-order chi connectivity index (χ0) is 41.8. The van der Waals surface area contributed by atoms with Gasteiger partial charge in [-0.15, -0.1) is 0 Å². The smallest absolute Gasteiger partial charge is 0.326 e. The number of guanidine groups is 1. The van der Waals surface area contributed by atoms with Gasteiger partial charge in [-0.2, -0.15) is 5.26 Å². The number of aliphatic imine (C=N–C) groups is 1. The molecular formula is C39H56N10O7. The number of hydrogen-bond donors (Lipinski definition) is 9. The van der Waals surface area contributed by atoms with Gasteiger partial charge in [-0.05, 0) is 60.8 Å². The van der Waals surface area contributed by atoms with Crippen molar-refractivity contribution in [2.45, 2.75) is 96.4 Å². The van der Waals surface area contributed by atoms with Gasteiger partial charge in [-0.3, -0.25) is 29.0 Å². The van der Waals surface area contributed by atoms with Crippen molar-refractivity contribution < 1.29 is 33.9 Å². The molecule has 2 rings (SSSR count). The van der Waals surface area contributed by atoms with Crippen LogP contribution in [0.2, 0.25) is 0 Å². The molecule has 17 nitrogen and oxygen atoms in total. The second kappa shape index (κ2) is 23.7. The standard InChI is InChI=1S/C39H56N10O7/c1-5-24(4)33(37(54)45-22-32(50)46-29(12-9-17-44-39(42)43)35(52)48-31(38(55)56)18-23(2)3)49-36(53)30(20-26-13-15-27(21-40)16-14-26)47-34(51)28(41)19-25-10-7-6-8-11-25/h6-8,10-11,13-16,23-24,28-31,33H,5,9,12,17-20,22,41H2,1-4H3,(H,45,54)(H,46,50)(H,47,51)(H,48,52)(H,49,53)(H,55,56)(H4,42,43,44)/t24-,28-,29-,30-,31-,33-/m0/s1. The Bertz CT molecular complexity index is 1690. The molecule has 304 valence electrons. The van der Waals surface area contributed by atoms with Gasteiger partial charge in [0, 0.05) is 13.0 Å². The summed E-state index contributed by atoms with van der Waals surface area (Å²) in [7, 11) is 0. The van der Waals surface area contributed by atoms with Crippen molar-refractivity contribution in [3.63, 3.8) is 0 Å². The molecule has 0 bridgehead atoms. The molecule has 2 aromatic carbocycles. The minimum atomic E-state index is -1.23. The van der Waals surface area contributed by atoms with Crippen LogP contribution < -0.4 is 43.8 Å². The van der Waals surface area contributed by atoms with Crippen molar-refractivity contribution in [2.75, 3.05) is 13.1 Å². The van der Waals surface area contributed by atoms with Gasteiger partial charge in [0.15, 0.2) is 5.96 Å². The van der Waals surface area contributed by atoms with Crippen LogP contribution in [0.25, 0.3) is 0 Å². The second-order valence-electron chi connectivity index (χ2n) is 14.1. The van der Waals surface area contributed by atoms with Crippen molar-refractivity contribution >= 4 is 41.5 Å². The van der Waals surface area contributed by atoms with E-state index in [1.165, 1.54) is 0 Å². The van der Waals surface area contributed by atoms with Gasteiger partial charge < -0.3 is 48.9 Å². The Labute approximate surface area is 327 Å². The third-order valence-corrected chi connectivity index (χ3v) is 8.93. The summed E-state index contributed by atoms with van der Waals surface area (Å²) in [4.78, 5) is 82.6. The fraction of sp³-hybridized carbons (Fsp3) is 0.487. The molecule has 0 spiro atoms. The first-order valence-corrected chi connectivity index (χ1v) is 18.6. The Morgan fingerprint density at radius 1 is 0.786 bits per heavy atom. The second-order valence-corrected chi connectivity index (χ2v) is 14.1. The SMILES string of the molecule is CC[C@H](C)[C@H](NC(=O)[C@H](Cc1ccc(C#N)cc1)NC(=O)[C@@H](N)Cc1ccccc1)C(=O)NCC(=O)N[C@@H](CCCN=C(N)N)C(=O)N[C@@H](CC(C)C)C(=O)O. The first-order chi connectivity index (χ1) is 26.5. The van der Waals surface area contributed by atoms with Crippen LogP contribution in [0.3, 0.4) is 0 Å². The highest BCUT2D eigenvalue weighted by Crippen LogP contribution is 2.12. The topological polar surface area (TPSA) is 297 Å². The monoisotopic (exact) mass is 776 g/mol. The minimum absolute atomic E-state index is 0.0190. The van der Waals surface area contributed by atoms with Crippen molar-refractivity contribution in [3.05, 3.63) is 71.3 Å². The maximum atomic E-state index is 13.9. The van der Waals surface area contributed by atoms with Gasteiger partial charge in [-0.1, -0.05) is 76.6 Å². The summed E-state index contributed by atoms with van der Waals surface area (Å²) in [5.74, 6) is -5.27. The summed E-state index contributed by atoms with van der Waals surface area (Å²) in [6, 6.07) is 12.0. The summed E-state index contributed by atoms with van der Waals surface area (Å²) >= 11 is 0. The maximum absolute atomic E-state index is 13.9. The van der Waals surface area contributed by atoms with Crippen LogP contribution in [-0.4, -0.2) is 89.9 Å². The van der Waals surface area contributed by atoms with E-state index in [1.54, 1.807) is 31.2 Å². The molecule has 0 saturated carbocycles. The summed E-state index contributed by atoms with van der Waals surface area (Å²) in [6.45, 7) is 6.74. The molecule has 56 heavy (non-hydrogen) atoms. The van der Waals surface area contributed by atoms with E-state index < -0.39 is 78.2 Å². The maximum Gasteiger partial charge on any atom is 0.326 e.